The summed E-state index contributed by atoms with van der Waals surface area (Å²) in [7, 11) is 0. The average Bonchev–Trinajstić information content (AvgIpc) is 2.96. The molecule has 0 heterocycles. The molecule has 0 spiro atoms. The third-order valence-corrected chi connectivity index (χ3v) is 6.69. The number of hydrogen-bond donors (Lipinski definition) is 0. The van der Waals surface area contributed by atoms with Crippen molar-refractivity contribution in [2.45, 2.75) is 51.5 Å². The van der Waals surface area contributed by atoms with E-state index in [1.165, 1.54) is 24.3 Å². The molecule has 12 heteroatoms. The van der Waals surface area contributed by atoms with E-state index in [4.69, 9.17) is 0 Å². The summed E-state index contributed by atoms with van der Waals surface area (Å²) in [6.45, 7) is 2.10. The van der Waals surface area contributed by atoms with Gasteiger partial charge in [0.15, 0.2) is 11.6 Å². The highest BCUT2D eigenvalue weighted by atomic mass is 19.4. The van der Waals surface area contributed by atoms with E-state index in [2.05, 4.69) is 28.2 Å². The van der Waals surface area contributed by atoms with Crippen LogP contribution in [0, 0.1) is 40.9 Å². The Morgan fingerprint density at radius 3 is 1.96 bits per heavy atom. The lowest BCUT2D eigenvalue weighted by Crippen LogP contribution is -2.24. The van der Waals surface area contributed by atoms with E-state index < -0.39 is 58.6 Å². The van der Waals surface area contributed by atoms with Gasteiger partial charge in [-0.1, -0.05) is 56.2 Å². The van der Waals surface area contributed by atoms with Gasteiger partial charge in [-0.2, -0.15) is 8.78 Å². The number of unbranched alkanes of at least 4 members (excludes halogenated alkanes) is 3. The Bertz CT molecular complexity index is 1750. The van der Waals surface area contributed by atoms with Crippen LogP contribution < -0.4 is 9.47 Å². The van der Waals surface area contributed by atoms with Gasteiger partial charge in [0, 0.05) is 23.3 Å². The Hall–Kier alpha value is -4.66. The molecule has 0 saturated carbocycles. The van der Waals surface area contributed by atoms with Crippen molar-refractivity contribution in [3.63, 3.8) is 0 Å². The minimum absolute atomic E-state index is 0.00315. The molecule has 0 unspecified atom stereocenters. The van der Waals surface area contributed by atoms with Gasteiger partial charge in [0.05, 0.1) is 11.1 Å². The molecule has 0 amide bonds. The van der Waals surface area contributed by atoms with Gasteiger partial charge in [0.25, 0.3) is 0 Å². The molecule has 46 heavy (non-hydrogen) atoms. The van der Waals surface area contributed by atoms with Crippen molar-refractivity contribution in [2.75, 3.05) is 0 Å². The predicted octanol–water partition coefficient (Wildman–Crippen LogP) is 10.6. The Morgan fingerprint density at radius 1 is 0.630 bits per heavy atom. The topological polar surface area (TPSA) is 18.5 Å². The highest BCUT2D eigenvalue weighted by Gasteiger charge is 2.39. The molecule has 2 nitrogen and oxygen atoms in total. The molecular formula is C34H24F10O2. The van der Waals surface area contributed by atoms with Crippen LogP contribution in [-0.2, 0) is 12.5 Å². The van der Waals surface area contributed by atoms with Crippen LogP contribution in [0.25, 0.3) is 11.1 Å². The molecule has 0 aliphatic rings. The van der Waals surface area contributed by atoms with E-state index in [0.29, 0.717) is 12.1 Å². The van der Waals surface area contributed by atoms with Crippen LogP contribution in [0.5, 0.6) is 11.5 Å². The molecule has 0 radical (unpaired) electrons. The number of ether oxygens (including phenoxy) is 2. The van der Waals surface area contributed by atoms with Crippen LogP contribution in [0.15, 0.2) is 66.7 Å². The second-order valence-electron chi connectivity index (χ2n) is 10.1. The SMILES string of the molecule is CCCCCCc1ccc(C#Cc2ccc(-c3ccc(C(F)(F)Oc4cc(F)c(OC(F)(F)F)c(F)c4)c(F)c3)c(F)c2)c(F)c1. The molecule has 0 N–H and O–H groups in total. The minimum atomic E-state index is -5.47. The Balaban J connectivity index is 1.49. The number of aryl methyl sites for hydroxylation is 1. The van der Waals surface area contributed by atoms with E-state index in [9.17, 15) is 43.9 Å². The Morgan fingerprint density at radius 2 is 1.35 bits per heavy atom. The highest BCUT2D eigenvalue weighted by Crippen LogP contribution is 2.38. The smallest absolute Gasteiger partial charge is 0.429 e. The molecule has 242 valence electrons. The number of hydrogen-bond acceptors (Lipinski definition) is 2. The summed E-state index contributed by atoms with van der Waals surface area (Å²) in [5.74, 6) is -4.87. The minimum Gasteiger partial charge on any atom is -0.429 e. The van der Waals surface area contributed by atoms with Gasteiger partial charge in [-0.05, 0) is 60.4 Å². The fraction of sp³-hybridized carbons (Fsp3) is 0.235. The molecule has 0 aliphatic heterocycles. The maximum atomic E-state index is 14.9. The van der Waals surface area contributed by atoms with Gasteiger partial charge in [-0.3, -0.25) is 0 Å². The van der Waals surface area contributed by atoms with Crippen molar-refractivity contribution in [3.8, 4) is 34.5 Å². The Labute approximate surface area is 257 Å². The summed E-state index contributed by atoms with van der Waals surface area (Å²) in [4.78, 5) is 0. The summed E-state index contributed by atoms with van der Waals surface area (Å²) in [5.41, 5.74) is -0.659. The summed E-state index contributed by atoms with van der Waals surface area (Å²) in [6.07, 6.45) is -5.11. The van der Waals surface area contributed by atoms with Crippen LogP contribution in [0.3, 0.4) is 0 Å². The molecule has 4 aromatic rings. The van der Waals surface area contributed by atoms with Crippen LogP contribution in [0.1, 0.15) is 54.9 Å². The van der Waals surface area contributed by atoms with Crippen LogP contribution in [0.4, 0.5) is 43.9 Å². The third kappa shape index (κ3) is 8.74. The summed E-state index contributed by atoms with van der Waals surface area (Å²) in [5, 5.41) is 0. The standard InChI is InChI=1S/C34H24F10O2/c1-2-3-4-5-6-20-7-10-22(27(35)15-20)11-8-21-9-13-25(28(36)16-21)23-12-14-26(29(37)17-23)33(40,41)45-24-18-30(38)32(31(39)19-24)46-34(42,43)44/h7,9-10,12-19H,2-6H2,1H3. The van der Waals surface area contributed by atoms with Gasteiger partial charge < -0.3 is 9.47 Å². The van der Waals surface area contributed by atoms with E-state index in [-0.39, 0.29) is 34.4 Å². The average molecular weight is 655 g/mol. The molecule has 4 rings (SSSR count). The first-order valence-corrected chi connectivity index (χ1v) is 13.9. The second kappa shape index (κ2) is 14.2. The zero-order valence-corrected chi connectivity index (χ0v) is 24.0. The molecular weight excluding hydrogens is 630 g/mol. The lowest BCUT2D eigenvalue weighted by Gasteiger charge is -2.20. The van der Waals surface area contributed by atoms with E-state index in [1.807, 2.05) is 0 Å². The second-order valence-corrected chi connectivity index (χ2v) is 10.1. The highest BCUT2D eigenvalue weighted by molar-refractivity contribution is 5.66. The van der Waals surface area contributed by atoms with E-state index in [1.54, 1.807) is 6.07 Å². The Kier molecular flexibility index (Phi) is 10.6. The van der Waals surface area contributed by atoms with Gasteiger partial charge in [-0.25, -0.2) is 22.0 Å². The molecule has 0 bridgehead atoms. The fourth-order valence-corrected chi connectivity index (χ4v) is 4.47. The zero-order valence-electron chi connectivity index (χ0n) is 24.0. The van der Waals surface area contributed by atoms with Crippen molar-refractivity contribution >= 4 is 0 Å². The largest absolute Gasteiger partial charge is 0.573 e. The van der Waals surface area contributed by atoms with Crippen molar-refractivity contribution in [1.82, 2.24) is 0 Å². The molecule has 0 aromatic heterocycles. The van der Waals surface area contributed by atoms with Crippen molar-refractivity contribution in [2.24, 2.45) is 0 Å². The monoisotopic (exact) mass is 654 g/mol. The summed E-state index contributed by atoms with van der Waals surface area (Å²) in [6, 6.07) is 10.4. The summed E-state index contributed by atoms with van der Waals surface area (Å²) < 4.78 is 146. The van der Waals surface area contributed by atoms with Crippen molar-refractivity contribution in [3.05, 3.63) is 118 Å². The zero-order chi connectivity index (χ0) is 33.6. The first-order valence-electron chi connectivity index (χ1n) is 13.9. The lowest BCUT2D eigenvalue weighted by atomic mass is 10.0. The number of halogens is 10. The van der Waals surface area contributed by atoms with E-state index >= 15 is 0 Å². The third-order valence-electron chi connectivity index (χ3n) is 6.69. The van der Waals surface area contributed by atoms with Gasteiger partial charge in [-0.15, -0.1) is 13.2 Å². The number of rotatable bonds is 10. The predicted molar refractivity (Wildman–Crippen MR) is 150 cm³/mol. The van der Waals surface area contributed by atoms with Crippen molar-refractivity contribution < 1.29 is 53.4 Å². The molecule has 0 fully saturated rings. The normalized spacial score (nSPS) is 11.6. The maximum absolute atomic E-state index is 14.9. The van der Waals surface area contributed by atoms with Gasteiger partial charge in [0.1, 0.15) is 23.2 Å². The van der Waals surface area contributed by atoms with Gasteiger partial charge >= 0.3 is 12.5 Å². The number of alkyl halides is 5. The first kappa shape index (κ1) is 34.2. The first-order chi connectivity index (χ1) is 21.7. The van der Waals surface area contributed by atoms with E-state index in [0.717, 1.165) is 49.8 Å². The van der Waals surface area contributed by atoms with Crippen LogP contribution in [-0.4, -0.2) is 6.36 Å². The number of benzene rings is 4. The molecule has 0 saturated heterocycles. The van der Waals surface area contributed by atoms with Crippen LogP contribution >= 0.6 is 0 Å². The van der Waals surface area contributed by atoms with Crippen LogP contribution in [0.2, 0.25) is 0 Å². The molecule has 0 aliphatic carbocycles. The molecule has 0 atom stereocenters. The van der Waals surface area contributed by atoms with Gasteiger partial charge in [0.2, 0.25) is 5.75 Å². The quantitative estimate of drug-likeness (QED) is 0.0963. The maximum Gasteiger partial charge on any atom is 0.573 e. The lowest BCUT2D eigenvalue weighted by molar-refractivity contribution is -0.276. The summed E-state index contributed by atoms with van der Waals surface area (Å²) >= 11 is 0. The van der Waals surface area contributed by atoms with Crippen molar-refractivity contribution in [1.29, 1.82) is 0 Å². The fourth-order valence-electron chi connectivity index (χ4n) is 4.47. The molecule has 4 aromatic carbocycles.